The lowest BCUT2D eigenvalue weighted by molar-refractivity contribution is 0.0896. The van der Waals surface area contributed by atoms with Crippen LogP contribution in [0.1, 0.15) is 48.7 Å². The van der Waals surface area contributed by atoms with Crippen molar-refractivity contribution in [1.29, 1.82) is 0 Å². The summed E-state index contributed by atoms with van der Waals surface area (Å²) in [5.41, 5.74) is 1.82. The molecule has 1 aliphatic carbocycles. The number of rotatable bonds is 4. The van der Waals surface area contributed by atoms with E-state index in [-0.39, 0.29) is 5.91 Å². The minimum absolute atomic E-state index is 0.0557. The van der Waals surface area contributed by atoms with Crippen molar-refractivity contribution in [1.82, 2.24) is 5.32 Å². The van der Waals surface area contributed by atoms with Gasteiger partial charge in [-0.1, -0.05) is 25.1 Å². The Morgan fingerprint density at radius 3 is 2.73 bits per heavy atom. The van der Waals surface area contributed by atoms with E-state index in [1.54, 1.807) is 11.8 Å². The lowest BCUT2D eigenvalue weighted by atomic mass is 9.87. The van der Waals surface area contributed by atoms with Crippen LogP contribution >= 0.6 is 11.8 Å². The second-order valence-electron chi connectivity index (χ2n) is 6.27. The van der Waals surface area contributed by atoms with Gasteiger partial charge in [0.15, 0.2) is 5.76 Å². The first-order chi connectivity index (χ1) is 10.7. The maximum Gasteiger partial charge on any atom is 0.287 e. The topological polar surface area (TPSA) is 42.2 Å². The molecule has 1 aliphatic rings. The van der Waals surface area contributed by atoms with Gasteiger partial charge in [0, 0.05) is 22.7 Å². The Bertz CT molecular complexity index is 656. The van der Waals surface area contributed by atoms with Crippen molar-refractivity contribution in [2.75, 3.05) is 6.26 Å². The summed E-state index contributed by atoms with van der Waals surface area (Å²) in [6.07, 6.45) is 6.59. The van der Waals surface area contributed by atoms with E-state index in [1.165, 1.54) is 12.8 Å². The van der Waals surface area contributed by atoms with Crippen LogP contribution in [0.4, 0.5) is 0 Å². The summed E-state index contributed by atoms with van der Waals surface area (Å²) in [6, 6.07) is 8.19. The number of carbonyl (C=O) groups is 1. The molecule has 1 saturated carbocycles. The molecule has 1 heterocycles. The third-order valence-corrected chi connectivity index (χ3v) is 5.12. The Kier molecular flexibility index (Phi) is 4.77. The molecule has 0 bridgehead atoms. The Labute approximate surface area is 135 Å². The molecule has 3 rings (SSSR count). The normalized spacial score (nSPS) is 21.9. The molecule has 0 atom stereocenters. The molecule has 0 spiro atoms. The number of furan rings is 1. The average molecular weight is 317 g/mol. The summed E-state index contributed by atoms with van der Waals surface area (Å²) >= 11 is 1.71. The van der Waals surface area contributed by atoms with Gasteiger partial charge in [-0.15, -0.1) is 0 Å². The van der Waals surface area contributed by atoms with Gasteiger partial charge in [0.2, 0.25) is 0 Å². The summed E-state index contributed by atoms with van der Waals surface area (Å²) in [7, 11) is 0. The van der Waals surface area contributed by atoms with E-state index in [0.717, 1.165) is 41.0 Å². The summed E-state index contributed by atoms with van der Waals surface area (Å²) in [4.78, 5) is 12.6. The molecule has 1 fully saturated rings. The molecule has 0 aliphatic heterocycles. The summed E-state index contributed by atoms with van der Waals surface area (Å²) in [6.45, 7) is 2.29. The monoisotopic (exact) mass is 317 g/mol. The molecule has 3 nitrogen and oxygen atoms in total. The molecule has 2 aromatic rings. The number of hydrogen-bond acceptors (Lipinski definition) is 3. The molecule has 4 heteroatoms. The van der Waals surface area contributed by atoms with Crippen LogP contribution in [0.25, 0.3) is 11.0 Å². The van der Waals surface area contributed by atoms with Crippen molar-refractivity contribution < 1.29 is 9.21 Å². The summed E-state index contributed by atoms with van der Waals surface area (Å²) in [5.74, 6) is 2.02. The third kappa shape index (κ3) is 3.17. The van der Waals surface area contributed by atoms with E-state index in [1.807, 2.05) is 30.5 Å². The smallest absolute Gasteiger partial charge is 0.287 e. The van der Waals surface area contributed by atoms with Crippen LogP contribution < -0.4 is 5.32 Å². The standard InChI is InChI=1S/C18H23NO2S/c1-12-7-9-13(10-8-12)19-18(20)17-15(11-22-2)14-5-3-4-6-16(14)21-17/h3-6,12-13H,7-11H2,1-2H3,(H,19,20). The van der Waals surface area contributed by atoms with Crippen molar-refractivity contribution in [3.63, 3.8) is 0 Å². The van der Waals surface area contributed by atoms with Crippen molar-refractivity contribution in [3.05, 3.63) is 35.6 Å². The van der Waals surface area contributed by atoms with Crippen molar-refractivity contribution in [2.24, 2.45) is 5.92 Å². The quantitative estimate of drug-likeness (QED) is 0.896. The van der Waals surface area contributed by atoms with E-state index in [2.05, 4.69) is 12.2 Å². The molecule has 0 radical (unpaired) electrons. The Hall–Kier alpha value is -1.42. The zero-order valence-electron chi connectivity index (χ0n) is 13.2. The summed E-state index contributed by atoms with van der Waals surface area (Å²) in [5, 5.41) is 4.23. The molecule has 1 aromatic carbocycles. The first kappa shape index (κ1) is 15.5. The van der Waals surface area contributed by atoms with E-state index >= 15 is 0 Å². The fourth-order valence-corrected chi connectivity index (χ4v) is 3.80. The zero-order chi connectivity index (χ0) is 15.5. The molecule has 0 saturated heterocycles. The number of amides is 1. The van der Waals surface area contributed by atoms with Gasteiger partial charge in [0.05, 0.1) is 0 Å². The number of fused-ring (bicyclic) bond motifs is 1. The predicted octanol–water partition coefficient (Wildman–Crippen LogP) is 4.60. The van der Waals surface area contributed by atoms with Gasteiger partial charge in [0.1, 0.15) is 5.58 Å². The molecule has 22 heavy (non-hydrogen) atoms. The third-order valence-electron chi connectivity index (χ3n) is 4.54. The number of nitrogens with one attached hydrogen (secondary N) is 1. The summed E-state index contributed by atoms with van der Waals surface area (Å²) < 4.78 is 5.85. The van der Waals surface area contributed by atoms with Crippen LogP contribution in [0, 0.1) is 5.92 Å². The Balaban J connectivity index is 1.82. The van der Waals surface area contributed by atoms with E-state index in [0.29, 0.717) is 11.8 Å². The number of thioether (sulfide) groups is 1. The van der Waals surface area contributed by atoms with Gasteiger partial charge >= 0.3 is 0 Å². The van der Waals surface area contributed by atoms with Crippen molar-refractivity contribution in [2.45, 2.75) is 44.4 Å². The lowest BCUT2D eigenvalue weighted by Crippen LogP contribution is -2.37. The molecular formula is C18H23NO2S. The molecule has 1 aromatic heterocycles. The van der Waals surface area contributed by atoms with Crippen molar-refractivity contribution in [3.8, 4) is 0 Å². The SMILES string of the molecule is CSCc1c(C(=O)NC2CCC(C)CC2)oc2ccccc12. The van der Waals surface area contributed by atoms with E-state index in [9.17, 15) is 4.79 Å². The van der Waals surface area contributed by atoms with Gasteiger partial charge in [0.25, 0.3) is 5.91 Å². The Morgan fingerprint density at radius 2 is 2.00 bits per heavy atom. The highest BCUT2D eigenvalue weighted by molar-refractivity contribution is 7.97. The van der Waals surface area contributed by atoms with Crippen molar-refractivity contribution >= 4 is 28.6 Å². The minimum atomic E-state index is -0.0557. The molecule has 118 valence electrons. The predicted molar refractivity (Wildman–Crippen MR) is 92.3 cm³/mol. The van der Waals surface area contributed by atoms with Gasteiger partial charge < -0.3 is 9.73 Å². The largest absolute Gasteiger partial charge is 0.451 e. The van der Waals surface area contributed by atoms with Gasteiger partial charge in [-0.25, -0.2) is 0 Å². The van der Waals surface area contributed by atoms with Gasteiger partial charge in [-0.3, -0.25) is 4.79 Å². The molecule has 1 N–H and O–H groups in total. The lowest BCUT2D eigenvalue weighted by Gasteiger charge is -2.26. The zero-order valence-corrected chi connectivity index (χ0v) is 14.0. The van der Waals surface area contributed by atoms with Crippen LogP contribution in [-0.2, 0) is 5.75 Å². The first-order valence-electron chi connectivity index (χ1n) is 7.99. The van der Waals surface area contributed by atoms with Crippen LogP contribution in [-0.4, -0.2) is 18.2 Å². The molecule has 1 amide bonds. The minimum Gasteiger partial charge on any atom is -0.451 e. The highest BCUT2D eigenvalue weighted by Crippen LogP contribution is 2.29. The second kappa shape index (κ2) is 6.78. The number of hydrogen-bond donors (Lipinski definition) is 1. The van der Waals surface area contributed by atoms with E-state index in [4.69, 9.17) is 4.42 Å². The number of benzene rings is 1. The van der Waals surface area contributed by atoms with Crippen LogP contribution in [0.3, 0.4) is 0 Å². The van der Waals surface area contributed by atoms with E-state index < -0.39 is 0 Å². The highest BCUT2D eigenvalue weighted by atomic mass is 32.2. The first-order valence-corrected chi connectivity index (χ1v) is 9.38. The maximum absolute atomic E-state index is 12.6. The van der Waals surface area contributed by atoms with Crippen LogP contribution in [0.5, 0.6) is 0 Å². The molecule has 0 unspecified atom stereocenters. The second-order valence-corrected chi connectivity index (χ2v) is 7.14. The van der Waals surface area contributed by atoms with Gasteiger partial charge in [-0.2, -0.15) is 11.8 Å². The maximum atomic E-state index is 12.6. The van der Waals surface area contributed by atoms with Crippen LogP contribution in [0.15, 0.2) is 28.7 Å². The average Bonchev–Trinajstić information content (AvgIpc) is 2.89. The number of para-hydroxylation sites is 1. The highest BCUT2D eigenvalue weighted by Gasteiger charge is 2.24. The fraction of sp³-hybridized carbons (Fsp3) is 0.500. The molecular weight excluding hydrogens is 294 g/mol. The fourth-order valence-electron chi connectivity index (χ4n) is 3.23. The Morgan fingerprint density at radius 1 is 1.27 bits per heavy atom. The number of carbonyl (C=O) groups excluding carboxylic acids is 1. The van der Waals surface area contributed by atoms with Crippen LogP contribution in [0.2, 0.25) is 0 Å². The van der Waals surface area contributed by atoms with Gasteiger partial charge in [-0.05, 0) is 43.9 Å².